The van der Waals surface area contributed by atoms with Crippen LogP contribution >= 0.6 is 11.6 Å². The number of carboxylic acids is 1. The van der Waals surface area contributed by atoms with E-state index in [0.29, 0.717) is 49.1 Å². The van der Waals surface area contributed by atoms with Crippen LogP contribution in [0.3, 0.4) is 0 Å². The van der Waals surface area contributed by atoms with E-state index in [1.54, 1.807) is 42.6 Å². The Kier molecular flexibility index (Phi) is 31.8. The first-order chi connectivity index (χ1) is 49.2. The molecule has 2 heterocycles. The van der Waals surface area contributed by atoms with Gasteiger partial charge in [0.05, 0.1) is 64.8 Å². The van der Waals surface area contributed by atoms with Crippen molar-refractivity contribution in [1.82, 2.24) is 9.97 Å². The van der Waals surface area contributed by atoms with E-state index in [9.17, 15) is 39.3 Å². The van der Waals surface area contributed by atoms with Crippen LogP contribution < -0.4 is 4.74 Å². The number of allylic oxidation sites excluding steroid dienone is 3. The van der Waals surface area contributed by atoms with E-state index in [1.165, 1.54) is 0 Å². The lowest BCUT2D eigenvalue weighted by Crippen LogP contribution is -2.35. The maximum atomic E-state index is 12.0. The van der Waals surface area contributed by atoms with Crippen molar-refractivity contribution in [2.24, 2.45) is 34.0 Å². The number of hydrogen-bond donors (Lipinski definition) is 5. The normalized spacial score (nSPS) is 20.6. The fraction of sp³-hybridized carbons (Fsp3) is 0.395. The highest BCUT2D eigenvalue weighted by molar-refractivity contribution is 6.63. The summed E-state index contributed by atoms with van der Waals surface area (Å²) in [4.78, 5) is 69.0. The van der Waals surface area contributed by atoms with E-state index in [-0.39, 0.29) is 76.4 Å². The van der Waals surface area contributed by atoms with Gasteiger partial charge < -0.3 is 39.4 Å². The molecule has 11 rings (SSSR count). The minimum Gasteiger partial charge on any atom is -0.486 e. The Morgan fingerprint density at radius 2 is 1.07 bits per heavy atom. The van der Waals surface area contributed by atoms with Gasteiger partial charge >= 0.3 is 29.6 Å². The van der Waals surface area contributed by atoms with Gasteiger partial charge in [0.1, 0.15) is 30.6 Å². The molecule has 4 aliphatic rings. The predicted molar refractivity (Wildman–Crippen MR) is 407 cm³/mol. The molecule has 4 fully saturated rings. The molecule has 3 aliphatic carbocycles. The monoisotopic (exact) mass is 1440 g/mol. The number of benzene rings is 6. The van der Waals surface area contributed by atoms with Gasteiger partial charge in [0, 0.05) is 30.3 Å². The number of esters is 3. The number of carbonyl (C=O) groups is 5. The lowest BCUT2D eigenvalue weighted by Gasteiger charge is -2.29. The van der Waals surface area contributed by atoms with E-state index < -0.39 is 34.8 Å². The van der Waals surface area contributed by atoms with Crippen molar-refractivity contribution in [2.75, 3.05) is 33.0 Å². The second kappa shape index (κ2) is 38.9. The van der Waals surface area contributed by atoms with Crippen LogP contribution in [0.4, 0.5) is 0 Å². The maximum absolute atomic E-state index is 12.0. The smallest absolute Gasteiger partial charge is 0.455 e. The third kappa shape index (κ3) is 20.9. The number of carbonyl (C=O) groups excluding carboxylic acids is 4. The highest BCUT2D eigenvalue weighted by atomic mass is 35.5. The number of aliphatic hydroxyl groups excluding tert-OH is 3. The predicted octanol–water partition coefficient (Wildman–Crippen LogP) is 15.5. The molecule has 8 unspecified atom stereocenters. The van der Waals surface area contributed by atoms with Crippen molar-refractivity contribution >= 4 is 46.4 Å². The zero-order valence-corrected chi connectivity index (χ0v) is 63.9. The Morgan fingerprint density at radius 3 is 1.44 bits per heavy atom. The Hall–Kier alpha value is -9.48. The average molecular weight is 1440 g/mol. The van der Waals surface area contributed by atoms with Crippen LogP contribution in [0.15, 0.2) is 223 Å². The van der Waals surface area contributed by atoms with E-state index in [4.69, 9.17) is 41.2 Å². The van der Waals surface area contributed by atoms with Gasteiger partial charge in [-0.1, -0.05) is 234 Å². The lowest BCUT2D eigenvalue weighted by molar-refractivity contribution is -0.151. The molecule has 6 aromatic carbocycles. The number of halogens is 1. The Morgan fingerprint density at radius 1 is 0.625 bits per heavy atom. The number of aryl methyl sites for hydroxylation is 2. The van der Waals surface area contributed by atoms with Crippen molar-refractivity contribution in [1.29, 1.82) is 5.53 Å². The first kappa shape index (κ1) is 85.2. The minimum absolute atomic E-state index is 0.0211. The van der Waals surface area contributed by atoms with Gasteiger partial charge in [0.25, 0.3) is 0 Å². The molecule has 0 bridgehead atoms. The number of ether oxygens (including phenoxy) is 4. The van der Waals surface area contributed by atoms with Gasteiger partial charge in [-0.2, -0.15) is 0 Å². The number of nitrogens with zero attached hydrogens (tertiary/aromatic N) is 3. The Bertz CT molecular complexity index is 4070. The van der Waals surface area contributed by atoms with Crippen molar-refractivity contribution < 1.29 is 68.1 Å². The number of hydrogen-bond acceptors (Lipinski definition) is 15. The van der Waals surface area contributed by atoms with Crippen molar-refractivity contribution in [3.63, 3.8) is 0 Å². The molecule has 1 aromatic heterocycles. The highest BCUT2D eigenvalue weighted by Crippen LogP contribution is 2.74. The van der Waals surface area contributed by atoms with Gasteiger partial charge in [-0.15, -0.1) is 0 Å². The topological polar surface area (TPSA) is 267 Å². The number of rotatable bonds is 20. The maximum Gasteiger partial charge on any atom is 0.455 e. The van der Waals surface area contributed by atoms with E-state index in [2.05, 4.69) is 42.5 Å². The standard InChI is InChI=1S/C20H24N2O3.C14H20O2.C13H15N2O2.C13H14O2.C13H16O2.C8H7ClO.C5H10O/c1-12-16(11-21-14(3)22-12)25-13(2)20(15-9-7-6-8-10-15)17(18(23)24)19(20,4)5;1-10(16)14(11-7-5-4-6-8-11)12(9-15)13(14,2)3;1-10(2)8-9-17-13(16)12(15-14)11-6-4-3-5-7-11;1-12(2)10-8-15-11(14)13(10,12)9-6-4-3-5-7-9;1-11(2)8-9-15-13(14)10-12-6-4-3-5-7-12;9-8(10)6-7-4-2-1-3-5-7;1-5(2)3-4-6/h6-11,13,17H,1-5H3,(H,23,24);4-8,10,12,15-16H,9H2,1-3H3;3-8,14H,9H2,1-2H3;3-7,10H,8H2,1-2H3;3-8H,9-10H2,1-2H3;1-5H,6H2;3,6H,4H2,1-2H3/q;;+1;;;;. The number of fused-ring (bicyclic) bond motifs is 1. The summed E-state index contributed by atoms with van der Waals surface area (Å²) in [5, 5.41) is 37.3. The third-order valence-electron chi connectivity index (χ3n) is 20.1. The average Bonchev–Trinajstić information content (AvgIpc) is 1.53. The summed E-state index contributed by atoms with van der Waals surface area (Å²) in [7, 11) is 0. The summed E-state index contributed by atoms with van der Waals surface area (Å²) in [6, 6.07) is 57.7. The largest absolute Gasteiger partial charge is 0.486 e. The molecule has 0 amide bonds. The quantitative estimate of drug-likeness (QED) is 0.00903. The number of aliphatic carboxylic acids is 1. The van der Waals surface area contributed by atoms with E-state index in [1.807, 2.05) is 247 Å². The van der Waals surface area contributed by atoms with Crippen LogP contribution in [-0.4, -0.2) is 115 Å². The molecule has 3 saturated carbocycles. The summed E-state index contributed by atoms with van der Waals surface area (Å²) in [6.07, 6.45) is 7.00. The lowest BCUT2D eigenvalue weighted by atomic mass is 9.83. The first-order valence-corrected chi connectivity index (χ1v) is 35.3. The van der Waals surface area contributed by atoms with Crippen LogP contribution in [0.5, 0.6) is 5.75 Å². The molecule has 18 heteroatoms. The second-order valence-corrected chi connectivity index (χ2v) is 29.0. The Balaban J connectivity index is 0.000000225. The van der Waals surface area contributed by atoms with Crippen molar-refractivity contribution in [3.8, 4) is 5.75 Å². The molecule has 5 N–H and O–H groups in total. The van der Waals surface area contributed by atoms with Crippen molar-refractivity contribution in [2.45, 2.75) is 152 Å². The molecule has 554 valence electrons. The summed E-state index contributed by atoms with van der Waals surface area (Å²) in [6.45, 7) is 33.2. The molecule has 1 saturated heterocycles. The number of nitrogens with one attached hydrogen (secondary N) is 1. The number of cyclic esters (lactones) is 1. The fourth-order valence-electron chi connectivity index (χ4n) is 14.7. The SMILES string of the molecule is CC(C)=CCO.CC(C)=CCOC(=O)C(=[N+]=N)c1ccccc1.CC(C)=CCOC(=O)Cc1ccccc1.CC(O)C1(c2ccccc2)C(CO)C1(C)C.CC1(C)C2COC(=O)C21c1ccccc1.Cc1ncc(OC(C)C2(c3ccccc3)C(C(=O)O)C2(C)C)c(C)n1.O=C(Cl)Cc1ccccc1. The molecular weight excluding hydrogens is 1330 g/mol. The number of aromatic nitrogens is 2. The zero-order chi connectivity index (χ0) is 77.2. The van der Waals surface area contributed by atoms with E-state index in [0.717, 1.165) is 50.2 Å². The van der Waals surface area contributed by atoms with Crippen LogP contribution in [0.2, 0.25) is 0 Å². The van der Waals surface area contributed by atoms with Crippen molar-refractivity contribution in [3.05, 3.63) is 268 Å². The third-order valence-corrected chi connectivity index (χ3v) is 20.2. The number of aliphatic hydroxyl groups is 3. The summed E-state index contributed by atoms with van der Waals surface area (Å²) >= 11 is 5.17. The molecule has 0 radical (unpaired) electrons. The Labute approximate surface area is 619 Å². The zero-order valence-electron chi connectivity index (χ0n) is 63.1. The van der Waals surface area contributed by atoms with Crippen LogP contribution in [0.25, 0.3) is 0 Å². The molecule has 7 aromatic rings. The number of carboxylic acid groups (broad SMARTS) is 1. The van der Waals surface area contributed by atoms with Crippen LogP contribution in [-0.2, 0) is 67.3 Å². The molecule has 1 aliphatic heterocycles. The summed E-state index contributed by atoms with van der Waals surface area (Å²) in [5.74, 6) is -0.315. The molecule has 8 atom stereocenters. The van der Waals surface area contributed by atoms with Crippen LogP contribution in [0.1, 0.15) is 142 Å². The van der Waals surface area contributed by atoms with Crippen LogP contribution in [0, 0.1) is 53.4 Å². The molecule has 0 spiro atoms. The fourth-order valence-corrected chi connectivity index (χ4v) is 14.8. The van der Waals surface area contributed by atoms with Gasteiger partial charge in [-0.25, -0.2) is 14.8 Å². The minimum atomic E-state index is -0.791. The van der Waals surface area contributed by atoms with Gasteiger partial charge in [0.2, 0.25) is 5.24 Å². The molecule has 104 heavy (non-hydrogen) atoms. The summed E-state index contributed by atoms with van der Waals surface area (Å²) in [5.41, 5.74) is 15.3. The van der Waals surface area contributed by atoms with Gasteiger partial charge in [-0.3, -0.25) is 19.2 Å². The van der Waals surface area contributed by atoms with Gasteiger partial charge in [0.15, 0.2) is 5.75 Å². The first-order valence-electron chi connectivity index (χ1n) is 34.9. The molecular formula is C86H106ClN4O13+. The molecule has 17 nitrogen and oxygen atoms in total. The highest BCUT2D eigenvalue weighted by Gasteiger charge is 2.81. The second-order valence-electron chi connectivity index (χ2n) is 28.6. The van der Waals surface area contributed by atoms with E-state index >= 15 is 0 Å². The summed E-state index contributed by atoms with van der Waals surface area (Å²) < 4.78 is 21.4. The van der Waals surface area contributed by atoms with Gasteiger partial charge in [-0.05, 0) is 149 Å².